The van der Waals surface area contributed by atoms with E-state index in [0.717, 1.165) is 12.1 Å². The Morgan fingerprint density at radius 2 is 2.14 bits per heavy atom. The van der Waals surface area contributed by atoms with E-state index in [1.165, 1.54) is 18.2 Å². The Balaban J connectivity index is 1.57. The van der Waals surface area contributed by atoms with Gasteiger partial charge in [-0.1, -0.05) is 23.7 Å². The van der Waals surface area contributed by atoms with Crippen LogP contribution in [-0.4, -0.2) is 49.8 Å². The molecule has 29 heavy (non-hydrogen) atoms. The van der Waals surface area contributed by atoms with Gasteiger partial charge in [-0.25, -0.2) is 4.39 Å². The molecule has 0 aliphatic carbocycles. The number of hydrogen-bond acceptors (Lipinski definition) is 5. The zero-order valence-electron chi connectivity index (χ0n) is 16.3. The maximum Gasteiger partial charge on any atom is 0.255 e. The molecular weight excluding hydrogens is 397 g/mol. The molecule has 1 atom stereocenters. The summed E-state index contributed by atoms with van der Waals surface area (Å²) in [6, 6.07) is 9.55. The Bertz CT molecular complexity index is 848. The van der Waals surface area contributed by atoms with Crippen molar-refractivity contribution in [2.75, 3.05) is 38.6 Å². The molecular formula is C21H25ClFN3O3. The molecule has 0 saturated carbocycles. The number of nitrogen functional groups attached to an aromatic ring is 1. The molecule has 2 aromatic carbocycles. The first-order chi connectivity index (χ1) is 14.0. The molecule has 1 saturated heterocycles. The highest BCUT2D eigenvalue weighted by Crippen LogP contribution is 2.29. The first-order valence-electron chi connectivity index (χ1n) is 9.54. The Morgan fingerprint density at radius 1 is 1.38 bits per heavy atom. The van der Waals surface area contributed by atoms with Crippen LogP contribution in [0.5, 0.6) is 5.75 Å². The molecule has 3 N–H and O–H groups in total. The van der Waals surface area contributed by atoms with Crippen molar-refractivity contribution in [2.24, 2.45) is 0 Å². The number of amides is 1. The van der Waals surface area contributed by atoms with Gasteiger partial charge in [-0.05, 0) is 30.7 Å². The summed E-state index contributed by atoms with van der Waals surface area (Å²) in [7, 11) is 0. The fourth-order valence-corrected chi connectivity index (χ4v) is 3.38. The lowest BCUT2D eigenvalue weighted by Crippen LogP contribution is -2.47. The van der Waals surface area contributed by atoms with Gasteiger partial charge in [0.2, 0.25) is 0 Å². The molecule has 0 aromatic heterocycles. The second kappa shape index (κ2) is 9.91. The Hall–Kier alpha value is -2.35. The summed E-state index contributed by atoms with van der Waals surface area (Å²) >= 11 is 6.07. The first kappa shape index (κ1) is 21.4. The van der Waals surface area contributed by atoms with Crippen molar-refractivity contribution in [3.8, 4) is 5.75 Å². The van der Waals surface area contributed by atoms with Crippen molar-refractivity contribution < 1.29 is 18.7 Å². The predicted octanol–water partition coefficient (Wildman–Crippen LogP) is 3.09. The number of nitrogens with two attached hydrogens (primary N) is 1. The minimum Gasteiger partial charge on any atom is -0.493 e. The largest absolute Gasteiger partial charge is 0.493 e. The zero-order valence-corrected chi connectivity index (χ0v) is 17.0. The molecule has 3 rings (SSSR count). The molecule has 8 heteroatoms. The van der Waals surface area contributed by atoms with Crippen molar-refractivity contribution in [2.45, 2.75) is 19.6 Å². The molecule has 1 heterocycles. The summed E-state index contributed by atoms with van der Waals surface area (Å²) in [6.45, 7) is 5.31. The quantitative estimate of drug-likeness (QED) is 0.672. The standard InChI is InChI=1S/C21H25ClFN3O3/c1-2-28-20-10-19(24)18(22)9-17(20)21(27)25-11-16-13-26(7-8-29-16)12-14-3-5-15(23)6-4-14/h3-6,9-10,16H,2,7-8,11-13,24H2,1H3,(H,25,27)/t16-/m0/s1. The van der Waals surface area contributed by atoms with Crippen LogP contribution < -0.4 is 15.8 Å². The maximum atomic E-state index is 13.1. The van der Waals surface area contributed by atoms with Gasteiger partial charge >= 0.3 is 0 Å². The molecule has 1 aliphatic heterocycles. The Morgan fingerprint density at radius 3 is 2.86 bits per heavy atom. The number of halogens is 2. The second-order valence-electron chi connectivity index (χ2n) is 6.87. The zero-order chi connectivity index (χ0) is 20.8. The van der Waals surface area contributed by atoms with Gasteiger partial charge in [-0.2, -0.15) is 0 Å². The summed E-state index contributed by atoms with van der Waals surface area (Å²) in [5.41, 5.74) is 7.54. The van der Waals surface area contributed by atoms with Crippen LogP contribution in [0.15, 0.2) is 36.4 Å². The number of anilines is 1. The molecule has 0 bridgehead atoms. The van der Waals surface area contributed by atoms with E-state index in [-0.39, 0.29) is 17.8 Å². The van der Waals surface area contributed by atoms with E-state index in [0.29, 0.717) is 54.9 Å². The van der Waals surface area contributed by atoms with E-state index < -0.39 is 0 Å². The van der Waals surface area contributed by atoms with Crippen molar-refractivity contribution >= 4 is 23.2 Å². The third kappa shape index (κ3) is 5.82. The molecule has 1 amide bonds. The van der Waals surface area contributed by atoms with E-state index >= 15 is 0 Å². The fraction of sp³-hybridized carbons (Fsp3) is 0.381. The van der Waals surface area contributed by atoms with E-state index in [1.54, 1.807) is 18.2 Å². The fourth-order valence-electron chi connectivity index (χ4n) is 3.22. The number of nitrogens with zero attached hydrogens (tertiary/aromatic N) is 1. The average Bonchev–Trinajstić information content (AvgIpc) is 2.71. The van der Waals surface area contributed by atoms with Gasteiger partial charge < -0.3 is 20.5 Å². The number of carbonyl (C=O) groups excluding carboxylic acids is 1. The average molecular weight is 422 g/mol. The van der Waals surface area contributed by atoms with Gasteiger partial charge in [0.05, 0.1) is 35.6 Å². The van der Waals surface area contributed by atoms with Crippen LogP contribution in [-0.2, 0) is 11.3 Å². The van der Waals surface area contributed by atoms with Crippen LogP contribution in [0.3, 0.4) is 0 Å². The number of ether oxygens (including phenoxy) is 2. The van der Waals surface area contributed by atoms with Gasteiger partial charge in [-0.15, -0.1) is 0 Å². The van der Waals surface area contributed by atoms with Crippen LogP contribution in [0, 0.1) is 5.82 Å². The molecule has 0 spiro atoms. The van der Waals surface area contributed by atoms with Crippen LogP contribution in [0.4, 0.5) is 10.1 Å². The summed E-state index contributed by atoms with van der Waals surface area (Å²) in [5.74, 6) is -0.144. The van der Waals surface area contributed by atoms with Gasteiger partial charge in [-0.3, -0.25) is 9.69 Å². The van der Waals surface area contributed by atoms with Crippen molar-refractivity contribution in [1.82, 2.24) is 10.2 Å². The summed E-state index contributed by atoms with van der Waals surface area (Å²) < 4.78 is 24.4. The van der Waals surface area contributed by atoms with Crippen molar-refractivity contribution in [3.63, 3.8) is 0 Å². The maximum absolute atomic E-state index is 13.1. The van der Waals surface area contributed by atoms with Gasteiger partial charge in [0.1, 0.15) is 11.6 Å². The van der Waals surface area contributed by atoms with Crippen LogP contribution in [0.2, 0.25) is 5.02 Å². The van der Waals surface area contributed by atoms with E-state index in [9.17, 15) is 9.18 Å². The smallest absolute Gasteiger partial charge is 0.255 e. The summed E-state index contributed by atoms with van der Waals surface area (Å²) in [4.78, 5) is 14.9. The summed E-state index contributed by atoms with van der Waals surface area (Å²) in [5, 5.41) is 3.19. The Labute approximate surface area is 174 Å². The predicted molar refractivity (Wildman–Crippen MR) is 111 cm³/mol. The molecule has 0 radical (unpaired) electrons. The number of benzene rings is 2. The minimum atomic E-state index is -0.297. The van der Waals surface area contributed by atoms with Gasteiger partial charge in [0.25, 0.3) is 5.91 Å². The highest BCUT2D eigenvalue weighted by Gasteiger charge is 2.22. The lowest BCUT2D eigenvalue weighted by molar-refractivity contribution is -0.0292. The second-order valence-corrected chi connectivity index (χ2v) is 7.27. The third-order valence-electron chi connectivity index (χ3n) is 4.68. The molecule has 156 valence electrons. The molecule has 6 nitrogen and oxygen atoms in total. The SMILES string of the molecule is CCOc1cc(N)c(Cl)cc1C(=O)NC[C@H]1CN(Cc2ccc(F)cc2)CCO1. The Kier molecular flexibility index (Phi) is 7.30. The highest BCUT2D eigenvalue weighted by atomic mass is 35.5. The molecule has 0 unspecified atom stereocenters. The lowest BCUT2D eigenvalue weighted by atomic mass is 10.1. The van der Waals surface area contributed by atoms with Crippen LogP contribution in [0.25, 0.3) is 0 Å². The number of rotatable bonds is 7. The van der Waals surface area contributed by atoms with Crippen LogP contribution >= 0.6 is 11.6 Å². The molecule has 1 fully saturated rings. The molecule has 1 aliphatic rings. The van der Waals surface area contributed by atoms with Gasteiger partial charge in [0.15, 0.2) is 0 Å². The topological polar surface area (TPSA) is 76.8 Å². The van der Waals surface area contributed by atoms with E-state index in [2.05, 4.69) is 10.2 Å². The van der Waals surface area contributed by atoms with Crippen molar-refractivity contribution in [1.29, 1.82) is 0 Å². The number of hydrogen-bond donors (Lipinski definition) is 2. The third-order valence-corrected chi connectivity index (χ3v) is 5.00. The molecule has 2 aromatic rings. The van der Waals surface area contributed by atoms with E-state index in [1.807, 2.05) is 6.92 Å². The van der Waals surface area contributed by atoms with Crippen LogP contribution in [0.1, 0.15) is 22.8 Å². The highest BCUT2D eigenvalue weighted by molar-refractivity contribution is 6.33. The monoisotopic (exact) mass is 421 g/mol. The number of carbonyl (C=O) groups is 1. The number of nitrogens with one attached hydrogen (secondary N) is 1. The normalized spacial score (nSPS) is 17.1. The van der Waals surface area contributed by atoms with Gasteiger partial charge in [0, 0.05) is 32.2 Å². The lowest BCUT2D eigenvalue weighted by Gasteiger charge is -2.33. The summed E-state index contributed by atoms with van der Waals surface area (Å²) in [6.07, 6.45) is -0.145. The van der Waals surface area contributed by atoms with E-state index in [4.69, 9.17) is 26.8 Å². The minimum absolute atomic E-state index is 0.145. The van der Waals surface area contributed by atoms with Crippen molar-refractivity contribution in [3.05, 3.63) is 58.4 Å². The first-order valence-corrected chi connectivity index (χ1v) is 9.92. The number of morpholine rings is 1.